The van der Waals surface area contributed by atoms with E-state index in [-0.39, 0.29) is 48.3 Å². The van der Waals surface area contributed by atoms with E-state index in [2.05, 4.69) is 101 Å². The molecule has 0 heterocycles. The van der Waals surface area contributed by atoms with Crippen LogP contribution in [0, 0.1) is 25.5 Å². The molecule has 4 aromatic carbocycles. The molecule has 2 aliphatic carbocycles. The molecule has 0 bridgehead atoms. The molecule has 2 atom stereocenters. The average molecular weight is 681 g/mol. The molecule has 2 aliphatic rings. The Morgan fingerprint density at radius 2 is 0.952 bits per heavy atom. The first-order valence-corrected chi connectivity index (χ1v) is 14.7. The van der Waals surface area contributed by atoms with E-state index in [9.17, 15) is 8.78 Å². The molecular weight excluding hydrogens is 645 g/mol. The van der Waals surface area contributed by atoms with E-state index in [1.165, 1.54) is 60.9 Å². The molecule has 0 N–H and O–H groups in total. The second kappa shape index (κ2) is 16.8. The van der Waals surface area contributed by atoms with Gasteiger partial charge in [-0.25, -0.2) is 8.78 Å². The Morgan fingerprint density at radius 3 is 1.29 bits per heavy atom. The summed E-state index contributed by atoms with van der Waals surface area (Å²) in [5.41, 5.74) is 9.90. The van der Waals surface area contributed by atoms with Gasteiger partial charge in [0.25, 0.3) is 0 Å². The maximum atomic E-state index is 13.0. The first-order valence-electron chi connectivity index (χ1n) is 13.5. The predicted octanol–water partition coefficient (Wildman–Crippen LogP) is 10.7. The van der Waals surface area contributed by atoms with Crippen molar-refractivity contribution in [2.75, 3.05) is 0 Å². The van der Waals surface area contributed by atoms with Gasteiger partial charge < -0.3 is 0 Å². The SMILES string of the molecule is C[C](C)=[Zr+2].Cc1cc2c([cH-]1)C=CC=CC2c1ccc(F)cc1.Cc1cc2c([cH-]1)C=CC=CC2c1ccc(F)cc1.Cl.Cl. The number of benzene rings is 2. The van der Waals surface area contributed by atoms with Gasteiger partial charge in [0.2, 0.25) is 0 Å². The van der Waals surface area contributed by atoms with E-state index < -0.39 is 0 Å². The first kappa shape index (κ1) is 35.5. The van der Waals surface area contributed by atoms with Crippen molar-refractivity contribution < 1.29 is 33.0 Å². The van der Waals surface area contributed by atoms with Gasteiger partial charge in [-0.3, -0.25) is 0 Å². The molecule has 0 saturated carbocycles. The Labute approximate surface area is 276 Å². The van der Waals surface area contributed by atoms with Crippen molar-refractivity contribution in [3.05, 3.63) is 165 Å². The van der Waals surface area contributed by atoms with Gasteiger partial charge in [-0.15, -0.1) is 72.4 Å². The van der Waals surface area contributed by atoms with Crippen LogP contribution in [0.1, 0.15) is 70.2 Å². The topological polar surface area (TPSA) is 0 Å². The minimum absolute atomic E-state index is 0. The van der Waals surface area contributed by atoms with Gasteiger partial charge in [0.1, 0.15) is 11.6 Å². The summed E-state index contributed by atoms with van der Waals surface area (Å²) in [7, 11) is 0. The number of fused-ring (bicyclic) bond motifs is 2. The van der Waals surface area contributed by atoms with Crippen molar-refractivity contribution in [2.45, 2.75) is 39.5 Å². The van der Waals surface area contributed by atoms with E-state index in [4.69, 9.17) is 0 Å². The van der Waals surface area contributed by atoms with Crippen LogP contribution in [0.25, 0.3) is 12.2 Å². The fourth-order valence-electron chi connectivity index (χ4n) is 5.02. The maximum Gasteiger partial charge on any atom is 0.123 e. The minimum atomic E-state index is -0.187. The summed E-state index contributed by atoms with van der Waals surface area (Å²) in [6, 6.07) is 22.4. The normalized spacial score (nSPS) is 15.7. The molecule has 216 valence electrons. The Balaban J connectivity index is 0.000000250. The second-order valence-electron chi connectivity index (χ2n) is 10.4. The summed E-state index contributed by atoms with van der Waals surface area (Å²) >= 11 is 1.55. The molecule has 4 aromatic rings. The van der Waals surface area contributed by atoms with E-state index in [1.54, 1.807) is 24.2 Å². The number of allylic oxidation sites excluding steroid dienone is 6. The van der Waals surface area contributed by atoms with Crippen molar-refractivity contribution in [2.24, 2.45) is 0 Å². The first-order chi connectivity index (χ1) is 19.2. The fraction of sp³-hybridized carbons (Fsp3) is 0.162. The van der Waals surface area contributed by atoms with Crippen molar-refractivity contribution >= 4 is 40.2 Å². The van der Waals surface area contributed by atoms with Crippen molar-refractivity contribution in [3.63, 3.8) is 0 Å². The third-order valence-corrected chi connectivity index (χ3v) is 6.71. The fourth-order valence-corrected chi connectivity index (χ4v) is 5.02. The molecule has 0 saturated heterocycles. The summed E-state index contributed by atoms with van der Waals surface area (Å²) in [6.45, 7) is 8.46. The summed E-state index contributed by atoms with van der Waals surface area (Å²) < 4.78 is 27.5. The van der Waals surface area contributed by atoms with Crippen molar-refractivity contribution in [1.82, 2.24) is 0 Å². The Hall–Kier alpha value is -2.71. The summed E-state index contributed by atoms with van der Waals surface area (Å²) in [5, 5.41) is 0. The van der Waals surface area contributed by atoms with Crippen LogP contribution in [-0.2, 0) is 24.2 Å². The molecule has 2 unspecified atom stereocenters. The van der Waals surface area contributed by atoms with Gasteiger partial charge in [-0.05, 0) is 47.2 Å². The largest absolute Gasteiger partial charge is 0.207 e. The maximum absolute atomic E-state index is 13.0. The Bertz CT molecular complexity index is 1450. The monoisotopic (exact) mass is 678 g/mol. The zero-order chi connectivity index (χ0) is 28.6. The number of halogens is 4. The minimum Gasteiger partial charge on any atom is -0.207 e. The van der Waals surface area contributed by atoms with Crippen molar-refractivity contribution in [3.8, 4) is 0 Å². The van der Waals surface area contributed by atoms with Crippen LogP contribution >= 0.6 is 24.8 Å². The zero-order valence-corrected chi connectivity index (χ0v) is 28.4. The standard InChI is InChI=1S/2C17H14F.C3H6.2ClH.Zr/c2*1-12-10-14-4-2-3-5-16(17(14)11-12)13-6-8-15(18)9-7-13;1-3-2;;;/h2*2-11,16H,1H3;1-2H3;2*1H;/q2*-1;;;;+2. The average Bonchev–Trinajstić information content (AvgIpc) is 3.32. The third-order valence-electron chi connectivity index (χ3n) is 6.71. The van der Waals surface area contributed by atoms with Gasteiger partial charge in [0.15, 0.2) is 0 Å². The number of rotatable bonds is 2. The molecule has 5 heteroatoms. The van der Waals surface area contributed by atoms with E-state index in [0.29, 0.717) is 0 Å². The van der Waals surface area contributed by atoms with E-state index >= 15 is 0 Å². The van der Waals surface area contributed by atoms with Gasteiger partial charge in [0, 0.05) is 0 Å². The quantitative estimate of drug-likeness (QED) is 0.185. The number of hydrogen-bond donors (Lipinski definition) is 0. The number of hydrogen-bond acceptors (Lipinski definition) is 0. The van der Waals surface area contributed by atoms with Crippen LogP contribution in [0.3, 0.4) is 0 Å². The van der Waals surface area contributed by atoms with Crippen LogP contribution in [-0.4, -0.2) is 3.21 Å². The smallest absolute Gasteiger partial charge is 0.123 e. The number of aryl methyl sites for hydroxylation is 2. The molecule has 0 spiro atoms. The van der Waals surface area contributed by atoms with Gasteiger partial charge in [0.05, 0.1) is 0 Å². The van der Waals surface area contributed by atoms with Crippen molar-refractivity contribution in [1.29, 1.82) is 0 Å². The molecule has 0 aromatic heterocycles. The zero-order valence-electron chi connectivity index (χ0n) is 24.3. The Morgan fingerprint density at radius 1 is 0.619 bits per heavy atom. The summed E-state index contributed by atoms with van der Waals surface area (Å²) in [6.07, 6.45) is 16.8. The molecule has 42 heavy (non-hydrogen) atoms. The predicted molar refractivity (Wildman–Crippen MR) is 177 cm³/mol. The van der Waals surface area contributed by atoms with Crippen LogP contribution in [0.4, 0.5) is 8.78 Å². The van der Waals surface area contributed by atoms with Crippen LogP contribution in [0.2, 0.25) is 0 Å². The molecular formula is C37H36Cl2F2Zr. The van der Waals surface area contributed by atoms with Crippen LogP contribution < -0.4 is 0 Å². The summed E-state index contributed by atoms with van der Waals surface area (Å²) in [5.74, 6) is 0.0513. The summed E-state index contributed by atoms with van der Waals surface area (Å²) in [4.78, 5) is 0. The van der Waals surface area contributed by atoms with Gasteiger partial charge >= 0.3 is 41.3 Å². The van der Waals surface area contributed by atoms with Gasteiger partial charge in [-0.1, -0.05) is 62.4 Å². The van der Waals surface area contributed by atoms with Gasteiger partial charge in [-0.2, -0.15) is 34.4 Å². The molecule has 0 amide bonds. The van der Waals surface area contributed by atoms with E-state index in [0.717, 1.165) is 11.1 Å². The molecule has 0 aliphatic heterocycles. The molecule has 0 nitrogen and oxygen atoms in total. The van der Waals surface area contributed by atoms with Crippen LogP contribution in [0.15, 0.2) is 109 Å². The Kier molecular flexibility index (Phi) is 14.2. The van der Waals surface area contributed by atoms with Crippen LogP contribution in [0.5, 0.6) is 0 Å². The third kappa shape index (κ3) is 9.66. The molecule has 0 fully saturated rings. The van der Waals surface area contributed by atoms with E-state index in [1.807, 2.05) is 24.3 Å². The molecule has 6 rings (SSSR count). The second-order valence-corrected chi connectivity index (χ2v) is 12.9. The molecule has 0 radical (unpaired) electrons.